The van der Waals surface area contributed by atoms with Crippen LogP contribution >= 0.6 is 0 Å². The van der Waals surface area contributed by atoms with Crippen LogP contribution in [0.5, 0.6) is 0 Å². The second-order valence-electron chi connectivity index (χ2n) is 5.28. The molecule has 1 heterocycles. The number of piperidine rings is 1. The molecule has 16 heavy (non-hydrogen) atoms. The van der Waals surface area contributed by atoms with Gasteiger partial charge in [-0.3, -0.25) is 4.90 Å². The maximum Gasteiger partial charge on any atom is 0.0319 e. The Bertz CT molecular complexity index is 322. The van der Waals surface area contributed by atoms with E-state index in [9.17, 15) is 0 Å². The summed E-state index contributed by atoms with van der Waals surface area (Å²) in [6.07, 6.45) is 2.20. The molecule has 1 aliphatic heterocycles. The molecule has 1 fully saturated rings. The molecule has 1 atom stereocenters. The first-order valence-electron chi connectivity index (χ1n) is 6.16. The van der Waals surface area contributed by atoms with Gasteiger partial charge < -0.3 is 5.73 Å². The van der Waals surface area contributed by atoms with E-state index in [1.807, 2.05) is 0 Å². The third kappa shape index (κ3) is 2.63. The Balaban J connectivity index is 2.00. The first kappa shape index (κ1) is 11.6. The van der Waals surface area contributed by atoms with Gasteiger partial charge in [-0.2, -0.15) is 0 Å². The third-order valence-electron chi connectivity index (χ3n) is 3.77. The topological polar surface area (TPSA) is 29.3 Å². The van der Waals surface area contributed by atoms with Crippen LogP contribution in [0.3, 0.4) is 0 Å². The Hall–Kier alpha value is -0.860. The summed E-state index contributed by atoms with van der Waals surface area (Å²) in [6.45, 7) is 6.68. The third-order valence-corrected chi connectivity index (χ3v) is 3.77. The van der Waals surface area contributed by atoms with Gasteiger partial charge in [0.1, 0.15) is 0 Å². The van der Waals surface area contributed by atoms with Crippen molar-refractivity contribution in [3.05, 3.63) is 35.9 Å². The minimum absolute atomic E-state index is 0.0485. The van der Waals surface area contributed by atoms with Gasteiger partial charge in [-0.25, -0.2) is 0 Å². The summed E-state index contributed by atoms with van der Waals surface area (Å²) in [5.41, 5.74) is 7.61. The molecule has 0 amide bonds. The Labute approximate surface area is 98.4 Å². The van der Waals surface area contributed by atoms with E-state index in [0.717, 1.165) is 25.9 Å². The van der Waals surface area contributed by atoms with Crippen molar-refractivity contribution in [3.8, 4) is 0 Å². The summed E-state index contributed by atoms with van der Waals surface area (Å²) < 4.78 is 0. The number of benzene rings is 1. The van der Waals surface area contributed by atoms with Gasteiger partial charge in [0.25, 0.3) is 0 Å². The van der Waals surface area contributed by atoms with Crippen molar-refractivity contribution in [1.29, 1.82) is 0 Å². The number of rotatable bonds is 2. The van der Waals surface area contributed by atoms with Gasteiger partial charge in [0.15, 0.2) is 0 Å². The van der Waals surface area contributed by atoms with E-state index in [2.05, 4.69) is 49.1 Å². The second kappa shape index (κ2) is 4.56. The highest BCUT2D eigenvalue weighted by atomic mass is 15.2. The van der Waals surface area contributed by atoms with Crippen LogP contribution in [0.1, 0.15) is 38.3 Å². The van der Waals surface area contributed by atoms with Gasteiger partial charge >= 0.3 is 0 Å². The van der Waals surface area contributed by atoms with Crippen molar-refractivity contribution in [2.75, 3.05) is 13.1 Å². The Morgan fingerprint density at radius 3 is 2.31 bits per heavy atom. The van der Waals surface area contributed by atoms with Crippen molar-refractivity contribution in [1.82, 2.24) is 4.90 Å². The molecule has 0 bridgehead atoms. The van der Waals surface area contributed by atoms with Gasteiger partial charge in [0, 0.05) is 24.7 Å². The smallest absolute Gasteiger partial charge is 0.0319 e. The van der Waals surface area contributed by atoms with Gasteiger partial charge in [0.05, 0.1) is 0 Å². The molecule has 0 radical (unpaired) electrons. The lowest BCUT2D eigenvalue weighted by Crippen LogP contribution is -2.48. The average molecular weight is 218 g/mol. The van der Waals surface area contributed by atoms with Crippen molar-refractivity contribution >= 4 is 0 Å². The van der Waals surface area contributed by atoms with Gasteiger partial charge in [-0.05, 0) is 32.3 Å². The van der Waals surface area contributed by atoms with E-state index in [0.29, 0.717) is 6.04 Å². The van der Waals surface area contributed by atoms with Crippen LogP contribution in [0.4, 0.5) is 0 Å². The fourth-order valence-electron chi connectivity index (χ4n) is 2.36. The summed E-state index contributed by atoms with van der Waals surface area (Å²) >= 11 is 0. The molecule has 1 aliphatic rings. The average Bonchev–Trinajstić information content (AvgIpc) is 2.29. The van der Waals surface area contributed by atoms with E-state index in [1.165, 1.54) is 5.56 Å². The van der Waals surface area contributed by atoms with E-state index in [1.54, 1.807) is 0 Å². The van der Waals surface area contributed by atoms with Gasteiger partial charge in [-0.15, -0.1) is 0 Å². The van der Waals surface area contributed by atoms with Crippen LogP contribution in [0.15, 0.2) is 30.3 Å². The monoisotopic (exact) mass is 218 g/mol. The van der Waals surface area contributed by atoms with Crippen molar-refractivity contribution in [2.24, 2.45) is 5.73 Å². The summed E-state index contributed by atoms with van der Waals surface area (Å²) in [4.78, 5) is 2.53. The molecule has 1 unspecified atom stereocenters. The lowest BCUT2D eigenvalue weighted by atomic mass is 9.89. The predicted octanol–water partition coefficient (Wildman–Crippen LogP) is 2.56. The molecule has 88 valence electrons. The zero-order valence-corrected chi connectivity index (χ0v) is 10.3. The fraction of sp³-hybridized carbons (Fsp3) is 0.571. The van der Waals surface area contributed by atoms with E-state index < -0.39 is 0 Å². The Kier molecular flexibility index (Phi) is 3.31. The van der Waals surface area contributed by atoms with Gasteiger partial charge in [0.2, 0.25) is 0 Å². The summed E-state index contributed by atoms with van der Waals surface area (Å²) in [7, 11) is 0. The first-order chi connectivity index (χ1) is 7.58. The van der Waals surface area contributed by atoms with Crippen LogP contribution in [0.2, 0.25) is 0 Å². The second-order valence-corrected chi connectivity index (χ2v) is 5.28. The standard InChI is InChI=1S/C14H22N2/c1-12(13-6-4-3-5-7-13)16-10-8-14(2,15)9-11-16/h3-7,12H,8-11,15H2,1-2H3. The van der Waals surface area contributed by atoms with Crippen LogP contribution in [-0.4, -0.2) is 23.5 Å². The number of likely N-dealkylation sites (tertiary alicyclic amines) is 1. The maximum atomic E-state index is 6.15. The summed E-state index contributed by atoms with van der Waals surface area (Å²) in [5, 5.41) is 0. The molecule has 0 spiro atoms. The molecular weight excluding hydrogens is 196 g/mol. The van der Waals surface area contributed by atoms with Gasteiger partial charge in [-0.1, -0.05) is 30.3 Å². The highest BCUT2D eigenvalue weighted by Gasteiger charge is 2.28. The fourth-order valence-corrected chi connectivity index (χ4v) is 2.36. The van der Waals surface area contributed by atoms with Crippen LogP contribution in [0.25, 0.3) is 0 Å². The SMILES string of the molecule is CC(c1ccccc1)N1CCC(C)(N)CC1. The highest BCUT2D eigenvalue weighted by molar-refractivity contribution is 5.18. The minimum Gasteiger partial charge on any atom is -0.325 e. The van der Waals surface area contributed by atoms with Crippen LogP contribution < -0.4 is 5.73 Å². The summed E-state index contributed by atoms with van der Waals surface area (Å²) in [5.74, 6) is 0. The van der Waals surface area contributed by atoms with E-state index in [-0.39, 0.29) is 5.54 Å². The van der Waals surface area contributed by atoms with Crippen molar-refractivity contribution < 1.29 is 0 Å². The number of nitrogens with two attached hydrogens (primary N) is 1. The Morgan fingerprint density at radius 2 is 1.75 bits per heavy atom. The van der Waals surface area contributed by atoms with Crippen LogP contribution in [-0.2, 0) is 0 Å². The number of hydrogen-bond acceptors (Lipinski definition) is 2. The Morgan fingerprint density at radius 1 is 1.19 bits per heavy atom. The quantitative estimate of drug-likeness (QED) is 0.826. The molecule has 2 nitrogen and oxygen atoms in total. The molecule has 0 aromatic heterocycles. The van der Waals surface area contributed by atoms with Crippen LogP contribution in [0, 0.1) is 0 Å². The lowest BCUT2D eigenvalue weighted by molar-refractivity contribution is 0.132. The molecule has 0 saturated carbocycles. The normalized spacial score (nSPS) is 22.9. The molecule has 2 heteroatoms. The molecule has 1 aromatic rings. The molecule has 2 N–H and O–H groups in total. The summed E-state index contributed by atoms with van der Waals surface area (Å²) in [6, 6.07) is 11.2. The predicted molar refractivity (Wildman–Crippen MR) is 68.3 cm³/mol. The number of hydrogen-bond donors (Lipinski definition) is 1. The molecule has 1 saturated heterocycles. The zero-order valence-electron chi connectivity index (χ0n) is 10.3. The van der Waals surface area contributed by atoms with Crippen molar-refractivity contribution in [2.45, 2.75) is 38.3 Å². The van der Waals surface area contributed by atoms with Crippen molar-refractivity contribution in [3.63, 3.8) is 0 Å². The largest absolute Gasteiger partial charge is 0.325 e. The molecule has 0 aliphatic carbocycles. The minimum atomic E-state index is 0.0485. The lowest BCUT2D eigenvalue weighted by Gasteiger charge is -2.39. The van der Waals surface area contributed by atoms with E-state index in [4.69, 9.17) is 5.73 Å². The molecule has 2 rings (SSSR count). The highest BCUT2D eigenvalue weighted by Crippen LogP contribution is 2.26. The van der Waals surface area contributed by atoms with E-state index >= 15 is 0 Å². The molecular formula is C14H22N2. The first-order valence-corrected chi connectivity index (χ1v) is 6.16. The zero-order chi connectivity index (χ0) is 11.6. The maximum absolute atomic E-state index is 6.15. The number of nitrogens with zero attached hydrogens (tertiary/aromatic N) is 1. The molecule has 1 aromatic carbocycles.